The summed E-state index contributed by atoms with van der Waals surface area (Å²) in [4.78, 5) is 3.54. The van der Waals surface area contributed by atoms with E-state index in [1.165, 1.54) is 12.3 Å². The van der Waals surface area contributed by atoms with Gasteiger partial charge in [0.15, 0.2) is 0 Å². The van der Waals surface area contributed by atoms with Gasteiger partial charge in [-0.3, -0.25) is 0 Å². The average molecular weight is 230 g/mol. The first kappa shape index (κ1) is 10.8. The number of hydrogen-bond donors (Lipinski definition) is 1. The Morgan fingerprint density at radius 2 is 2.00 bits per heavy atom. The first-order chi connectivity index (χ1) is 7.12. The van der Waals surface area contributed by atoms with E-state index < -0.39 is 11.5 Å². The third-order valence-corrected chi connectivity index (χ3v) is 3.19. The SMILES string of the molecule is OC1(c2cc(Cl)cnc2F)CCCCC1. The quantitative estimate of drug-likeness (QED) is 0.751. The highest BCUT2D eigenvalue weighted by Gasteiger charge is 2.34. The molecular formula is C11H13ClFNO. The summed E-state index contributed by atoms with van der Waals surface area (Å²) in [6.07, 6.45) is 5.37. The van der Waals surface area contributed by atoms with E-state index in [4.69, 9.17) is 11.6 Å². The smallest absolute Gasteiger partial charge is 0.219 e. The lowest BCUT2D eigenvalue weighted by Gasteiger charge is -2.32. The van der Waals surface area contributed by atoms with Crippen LogP contribution in [-0.2, 0) is 5.60 Å². The molecule has 1 heterocycles. The molecule has 1 saturated carbocycles. The highest BCUT2D eigenvalue weighted by Crippen LogP contribution is 2.38. The van der Waals surface area contributed by atoms with Crippen molar-refractivity contribution in [1.29, 1.82) is 0 Å². The molecule has 1 N–H and O–H groups in total. The Hall–Kier alpha value is -0.670. The Bertz CT molecular complexity index is 364. The van der Waals surface area contributed by atoms with Gasteiger partial charge in [-0.2, -0.15) is 4.39 Å². The van der Waals surface area contributed by atoms with E-state index >= 15 is 0 Å². The van der Waals surface area contributed by atoms with Crippen LogP contribution in [0, 0.1) is 5.95 Å². The maximum atomic E-state index is 13.5. The van der Waals surface area contributed by atoms with Gasteiger partial charge in [-0.25, -0.2) is 4.98 Å². The maximum Gasteiger partial charge on any atom is 0.219 e. The van der Waals surface area contributed by atoms with E-state index in [0.29, 0.717) is 17.9 Å². The fourth-order valence-electron chi connectivity index (χ4n) is 2.15. The van der Waals surface area contributed by atoms with Crippen LogP contribution in [0.1, 0.15) is 37.7 Å². The lowest BCUT2D eigenvalue weighted by Crippen LogP contribution is -2.29. The zero-order valence-electron chi connectivity index (χ0n) is 8.34. The zero-order chi connectivity index (χ0) is 10.9. The van der Waals surface area contributed by atoms with Crippen molar-refractivity contribution in [2.24, 2.45) is 0 Å². The van der Waals surface area contributed by atoms with Crippen LogP contribution < -0.4 is 0 Å². The van der Waals surface area contributed by atoms with E-state index in [1.54, 1.807) is 0 Å². The average Bonchev–Trinajstić information content (AvgIpc) is 2.23. The lowest BCUT2D eigenvalue weighted by atomic mass is 9.80. The third kappa shape index (κ3) is 2.13. The fourth-order valence-corrected chi connectivity index (χ4v) is 2.31. The van der Waals surface area contributed by atoms with Crippen LogP contribution >= 0.6 is 11.6 Å². The summed E-state index contributed by atoms with van der Waals surface area (Å²) in [5.41, 5.74) is -0.824. The zero-order valence-corrected chi connectivity index (χ0v) is 9.10. The van der Waals surface area contributed by atoms with Gasteiger partial charge in [0.1, 0.15) is 0 Å². The van der Waals surface area contributed by atoms with Gasteiger partial charge in [0.2, 0.25) is 5.95 Å². The summed E-state index contributed by atoms with van der Waals surface area (Å²) in [5.74, 6) is -0.608. The van der Waals surface area contributed by atoms with Gasteiger partial charge in [0, 0.05) is 11.8 Å². The Morgan fingerprint density at radius 3 is 2.67 bits per heavy atom. The summed E-state index contributed by atoms with van der Waals surface area (Å²) in [7, 11) is 0. The molecule has 0 aliphatic heterocycles. The van der Waals surface area contributed by atoms with Gasteiger partial charge in [-0.1, -0.05) is 30.9 Å². The molecule has 0 aromatic carbocycles. The molecule has 0 bridgehead atoms. The molecule has 2 rings (SSSR count). The molecule has 4 heteroatoms. The summed E-state index contributed by atoms with van der Waals surface area (Å²) in [6, 6.07) is 1.48. The number of aromatic nitrogens is 1. The van der Waals surface area contributed by atoms with Crippen molar-refractivity contribution in [3.63, 3.8) is 0 Å². The number of pyridine rings is 1. The summed E-state index contributed by atoms with van der Waals surface area (Å²) < 4.78 is 13.5. The molecule has 0 unspecified atom stereocenters. The Labute approximate surface area is 93.1 Å². The van der Waals surface area contributed by atoms with Crippen molar-refractivity contribution in [2.75, 3.05) is 0 Å². The van der Waals surface area contributed by atoms with Crippen LogP contribution in [0.2, 0.25) is 5.02 Å². The van der Waals surface area contributed by atoms with E-state index in [1.807, 2.05) is 0 Å². The molecule has 0 amide bonds. The van der Waals surface area contributed by atoms with Crippen LogP contribution in [0.3, 0.4) is 0 Å². The minimum Gasteiger partial charge on any atom is -0.385 e. The molecule has 1 aliphatic rings. The molecule has 1 fully saturated rings. The van der Waals surface area contributed by atoms with Crippen molar-refractivity contribution < 1.29 is 9.50 Å². The van der Waals surface area contributed by atoms with E-state index in [2.05, 4.69) is 4.98 Å². The van der Waals surface area contributed by atoms with Crippen molar-refractivity contribution in [2.45, 2.75) is 37.7 Å². The second kappa shape index (κ2) is 4.06. The van der Waals surface area contributed by atoms with Gasteiger partial charge >= 0.3 is 0 Å². The van der Waals surface area contributed by atoms with Crippen molar-refractivity contribution in [1.82, 2.24) is 4.98 Å². The van der Waals surface area contributed by atoms with Gasteiger partial charge in [-0.15, -0.1) is 0 Å². The predicted molar refractivity (Wildman–Crippen MR) is 56.2 cm³/mol. The molecule has 2 nitrogen and oxygen atoms in total. The highest BCUT2D eigenvalue weighted by atomic mass is 35.5. The largest absolute Gasteiger partial charge is 0.385 e. The number of rotatable bonds is 1. The second-order valence-electron chi connectivity index (χ2n) is 4.08. The van der Waals surface area contributed by atoms with Crippen LogP contribution in [0.4, 0.5) is 4.39 Å². The number of halogens is 2. The van der Waals surface area contributed by atoms with Gasteiger partial charge in [-0.05, 0) is 18.9 Å². The van der Waals surface area contributed by atoms with Gasteiger partial charge < -0.3 is 5.11 Å². The maximum absolute atomic E-state index is 13.5. The predicted octanol–water partition coefficient (Wildman–Crippen LogP) is 3.03. The lowest BCUT2D eigenvalue weighted by molar-refractivity contribution is -0.00438. The van der Waals surface area contributed by atoms with Crippen LogP contribution in [0.5, 0.6) is 0 Å². The third-order valence-electron chi connectivity index (χ3n) is 2.99. The normalized spacial score (nSPS) is 20.2. The Kier molecular flexibility index (Phi) is 2.94. The molecule has 0 radical (unpaired) electrons. The number of aliphatic hydroxyl groups is 1. The Balaban J connectivity index is 2.38. The molecule has 0 atom stereocenters. The second-order valence-corrected chi connectivity index (χ2v) is 4.52. The molecule has 15 heavy (non-hydrogen) atoms. The topological polar surface area (TPSA) is 33.1 Å². The number of hydrogen-bond acceptors (Lipinski definition) is 2. The molecule has 0 saturated heterocycles. The van der Waals surface area contributed by atoms with E-state index in [9.17, 15) is 9.50 Å². The number of nitrogens with zero attached hydrogens (tertiary/aromatic N) is 1. The minimum atomic E-state index is -1.07. The highest BCUT2D eigenvalue weighted by molar-refractivity contribution is 6.30. The molecular weight excluding hydrogens is 217 g/mol. The van der Waals surface area contributed by atoms with Crippen LogP contribution in [-0.4, -0.2) is 10.1 Å². The molecule has 1 aromatic heterocycles. The minimum absolute atomic E-state index is 0.245. The fraction of sp³-hybridized carbons (Fsp3) is 0.545. The first-order valence-corrected chi connectivity index (χ1v) is 5.53. The summed E-state index contributed by atoms with van der Waals surface area (Å²) >= 11 is 5.76. The molecule has 1 aromatic rings. The summed E-state index contributed by atoms with van der Waals surface area (Å²) in [6.45, 7) is 0. The molecule has 0 spiro atoms. The molecule has 1 aliphatic carbocycles. The van der Waals surface area contributed by atoms with Crippen molar-refractivity contribution >= 4 is 11.6 Å². The van der Waals surface area contributed by atoms with Crippen molar-refractivity contribution in [3.05, 3.63) is 28.8 Å². The summed E-state index contributed by atoms with van der Waals surface area (Å²) in [5, 5.41) is 10.7. The molecule has 82 valence electrons. The van der Waals surface area contributed by atoms with Gasteiger partial charge in [0.25, 0.3) is 0 Å². The Morgan fingerprint density at radius 1 is 1.33 bits per heavy atom. The standard InChI is InChI=1S/C11H13ClFNO/c12-8-6-9(10(13)14-7-8)11(15)4-2-1-3-5-11/h6-7,15H,1-5H2. The van der Waals surface area contributed by atoms with Crippen LogP contribution in [0.25, 0.3) is 0 Å². The van der Waals surface area contributed by atoms with Gasteiger partial charge in [0.05, 0.1) is 10.6 Å². The first-order valence-electron chi connectivity index (χ1n) is 5.16. The van der Waals surface area contributed by atoms with Crippen LogP contribution in [0.15, 0.2) is 12.3 Å². The van der Waals surface area contributed by atoms with E-state index in [-0.39, 0.29) is 5.56 Å². The monoisotopic (exact) mass is 229 g/mol. The van der Waals surface area contributed by atoms with E-state index in [0.717, 1.165) is 19.3 Å². The van der Waals surface area contributed by atoms with Crippen molar-refractivity contribution in [3.8, 4) is 0 Å².